The molecule has 0 aliphatic heterocycles. The molecule has 2 rings (SSSR count). The van der Waals surface area contributed by atoms with Crippen molar-refractivity contribution in [3.63, 3.8) is 0 Å². The molecule has 0 unspecified atom stereocenters. The molecule has 0 spiro atoms. The van der Waals surface area contributed by atoms with Crippen LogP contribution in [0.4, 0.5) is 0 Å². The number of hydrogen-bond donors (Lipinski definition) is 0. The maximum atomic E-state index is 5.91. The minimum absolute atomic E-state index is 0.0839. The molecule has 2 aromatic carbocycles. The van der Waals surface area contributed by atoms with Crippen LogP contribution >= 0.6 is 0 Å². The number of ether oxygens (including phenoxy) is 1. The second kappa shape index (κ2) is 14.0. The predicted molar refractivity (Wildman–Crippen MR) is 112 cm³/mol. The molecule has 0 amide bonds. The van der Waals surface area contributed by atoms with Gasteiger partial charge in [0.2, 0.25) is 0 Å². The van der Waals surface area contributed by atoms with Gasteiger partial charge >= 0.3 is 21.2 Å². The average Bonchev–Trinajstić information content (AvgIpc) is 2.69. The van der Waals surface area contributed by atoms with Crippen LogP contribution < -0.4 is 25.9 Å². The smallest absolute Gasteiger partial charge is 0.357 e. The third-order valence-corrected chi connectivity index (χ3v) is 7.49. The minimum Gasteiger partial charge on any atom is -0.494 e. The Morgan fingerprint density at radius 3 is 1.67 bits per heavy atom. The molecule has 0 fully saturated rings. The molecule has 0 aliphatic rings. The summed E-state index contributed by atoms with van der Waals surface area (Å²) in [6.07, 6.45) is 13.7. The summed E-state index contributed by atoms with van der Waals surface area (Å²) < 4.78 is 8.83. The van der Waals surface area contributed by atoms with E-state index in [-0.39, 0.29) is 21.2 Å². The van der Waals surface area contributed by atoms with Crippen molar-refractivity contribution in [1.82, 2.24) is 0 Å². The lowest BCUT2D eigenvalue weighted by atomic mass is 10.1. The summed E-state index contributed by atoms with van der Waals surface area (Å²) in [7, 11) is 0. The van der Waals surface area contributed by atoms with Crippen molar-refractivity contribution in [2.75, 3.05) is 6.61 Å². The Kier molecular flexibility index (Phi) is 11.6. The second-order valence-electron chi connectivity index (χ2n) is 7.37. The molecule has 0 radical (unpaired) electrons. The van der Waals surface area contributed by atoms with Gasteiger partial charge < -0.3 is 4.74 Å². The van der Waals surface area contributed by atoms with Crippen LogP contribution in [-0.4, -0.2) is 6.61 Å². The Balaban J connectivity index is 1.52. The molecule has 0 heterocycles. The molecule has 2 aromatic rings. The number of aryl methyl sites for hydroxylation is 1. The Bertz CT molecular complexity index is 603. The fourth-order valence-corrected chi connectivity index (χ4v) is 5.25. The first-order valence-electron chi connectivity index (χ1n) is 10.7. The zero-order valence-corrected chi connectivity index (χ0v) is 19.3. The summed E-state index contributed by atoms with van der Waals surface area (Å²) in [5.74, 6) is 1.02. The lowest BCUT2D eigenvalue weighted by molar-refractivity contribution is -0.597. The van der Waals surface area contributed by atoms with E-state index in [9.17, 15) is 0 Å². The van der Waals surface area contributed by atoms with E-state index in [1.807, 2.05) is 0 Å². The Morgan fingerprint density at radius 2 is 1.11 bits per heavy atom. The molecule has 0 atom stereocenters. The lowest BCUT2D eigenvalue weighted by Gasteiger charge is -2.06. The Hall–Kier alpha value is -1.03. The zero-order chi connectivity index (χ0) is 19.2. The summed E-state index contributed by atoms with van der Waals surface area (Å²) in [6.45, 7) is 5.27. The van der Waals surface area contributed by atoms with Crippen molar-refractivity contribution in [3.8, 4) is 5.75 Å². The molecule has 2 heteroatoms. The number of benzene rings is 2. The predicted octanol–water partition coefficient (Wildman–Crippen LogP) is 4.42. The van der Waals surface area contributed by atoms with Crippen LogP contribution in [0.3, 0.4) is 0 Å². The maximum absolute atomic E-state index is 5.91. The minimum atomic E-state index is -0.0839. The molecular weight excluding hydrogens is 443 g/mol. The van der Waals surface area contributed by atoms with E-state index in [1.54, 1.807) is 0 Å². The van der Waals surface area contributed by atoms with Gasteiger partial charge in [0.15, 0.2) is 7.14 Å². The van der Waals surface area contributed by atoms with Gasteiger partial charge in [-0.1, -0.05) is 82.4 Å². The van der Waals surface area contributed by atoms with E-state index in [4.69, 9.17) is 4.74 Å². The lowest BCUT2D eigenvalue weighted by Crippen LogP contribution is -3.61. The number of hydrogen-bond acceptors (Lipinski definition) is 1. The first-order chi connectivity index (χ1) is 13.3. The highest BCUT2D eigenvalue weighted by Gasteiger charge is 2.14. The maximum Gasteiger partial charge on any atom is 0.357 e. The zero-order valence-electron chi connectivity index (χ0n) is 17.2. The van der Waals surface area contributed by atoms with Gasteiger partial charge in [0.25, 0.3) is 0 Å². The topological polar surface area (TPSA) is 9.23 Å². The molecule has 0 aliphatic carbocycles. The highest BCUT2D eigenvalue weighted by atomic mass is 127. The molecule has 1 nitrogen and oxygen atoms in total. The summed E-state index contributed by atoms with van der Waals surface area (Å²) in [5.41, 5.74) is 1.33. The van der Waals surface area contributed by atoms with E-state index in [0.717, 1.165) is 12.4 Å². The van der Waals surface area contributed by atoms with Crippen molar-refractivity contribution in [2.45, 2.75) is 78.1 Å². The van der Waals surface area contributed by atoms with E-state index in [0.29, 0.717) is 0 Å². The van der Waals surface area contributed by atoms with Crippen molar-refractivity contribution in [1.29, 1.82) is 0 Å². The quantitative estimate of drug-likeness (QED) is 0.288. The number of halogens is 1. The van der Waals surface area contributed by atoms with Gasteiger partial charge in [0.1, 0.15) is 5.75 Å². The summed E-state index contributed by atoms with van der Waals surface area (Å²) in [6, 6.07) is 17.7. The van der Waals surface area contributed by atoms with E-state index < -0.39 is 0 Å². The molecule has 0 saturated heterocycles. The third-order valence-electron chi connectivity index (χ3n) is 4.81. The molecular formula is C25H36IO+. The van der Waals surface area contributed by atoms with Gasteiger partial charge in [0.05, 0.1) is 6.61 Å². The first kappa shape index (κ1) is 22.3. The summed E-state index contributed by atoms with van der Waals surface area (Å²) in [4.78, 5) is 0. The highest BCUT2D eigenvalue weighted by Crippen LogP contribution is 2.12. The largest absolute Gasteiger partial charge is 0.494 e. The average molecular weight is 479 g/mol. The van der Waals surface area contributed by atoms with Crippen LogP contribution in [0, 0.1) is 14.1 Å². The van der Waals surface area contributed by atoms with Crippen LogP contribution in [0.2, 0.25) is 0 Å². The molecule has 0 bridgehead atoms. The van der Waals surface area contributed by atoms with Crippen molar-refractivity contribution in [3.05, 3.63) is 61.2 Å². The van der Waals surface area contributed by atoms with E-state index in [1.165, 1.54) is 76.9 Å². The summed E-state index contributed by atoms with van der Waals surface area (Å²) in [5, 5.41) is 0. The fourth-order valence-electron chi connectivity index (χ4n) is 3.10. The molecule has 0 aromatic heterocycles. The normalized spacial score (nSPS) is 10.9. The molecule has 0 saturated carbocycles. The van der Waals surface area contributed by atoms with Gasteiger partial charge in [-0.15, -0.1) is 0 Å². The summed E-state index contributed by atoms with van der Waals surface area (Å²) >= 11 is -0.0839. The number of unbranched alkanes of at least 4 members (excludes halogenated alkanes) is 9. The highest BCUT2D eigenvalue weighted by molar-refractivity contribution is 5.21. The molecule has 27 heavy (non-hydrogen) atoms. The van der Waals surface area contributed by atoms with Crippen molar-refractivity contribution < 1.29 is 25.9 Å². The van der Waals surface area contributed by atoms with Gasteiger partial charge in [-0.05, 0) is 49.7 Å². The van der Waals surface area contributed by atoms with Gasteiger partial charge in [-0.25, -0.2) is 0 Å². The number of rotatable bonds is 14. The van der Waals surface area contributed by atoms with E-state index >= 15 is 0 Å². The Labute approximate surface area is 177 Å². The van der Waals surface area contributed by atoms with Crippen molar-refractivity contribution in [2.24, 2.45) is 0 Å². The van der Waals surface area contributed by atoms with Crippen molar-refractivity contribution >= 4 is 0 Å². The monoisotopic (exact) mass is 479 g/mol. The van der Waals surface area contributed by atoms with Crippen LogP contribution in [0.5, 0.6) is 5.75 Å². The van der Waals surface area contributed by atoms with Crippen LogP contribution in [0.15, 0.2) is 48.5 Å². The third kappa shape index (κ3) is 10.2. The van der Waals surface area contributed by atoms with Gasteiger partial charge in [-0.2, -0.15) is 0 Å². The second-order valence-corrected chi connectivity index (χ2v) is 10.4. The molecule has 148 valence electrons. The molecule has 0 N–H and O–H groups in total. The van der Waals surface area contributed by atoms with Gasteiger partial charge in [-0.3, -0.25) is 0 Å². The van der Waals surface area contributed by atoms with E-state index in [2.05, 4.69) is 62.4 Å². The van der Waals surface area contributed by atoms with Crippen LogP contribution in [-0.2, 0) is 0 Å². The van der Waals surface area contributed by atoms with Crippen LogP contribution in [0.1, 0.15) is 76.7 Å². The standard InChI is InChI=1S/C25H36IO/c1-3-4-5-6-7-8-9-10-11-12-21-27-25-19-17-24(18-20-25)26-23-15-13-22(2)14-16-23/h13-20H,3-12,21H2,1-2H3/q+1. The first-order valence-corrected chi connectivity index (χ1v) is 12.9. The SMILES string of the molecule is CCCCCCCCCCCCOc1ccc([I+]c2ccc(C)cc2)cc1. The van der Waals surface area contributed by atoms with Gasteiger partial charge in [0, 0.05) is 0 Å². The fraction of sp³-hybridized carbons (Fsp3) is 0.520. The van der Waals surface area contributed by atoms with Crippen LogP contribution in [0.25, 0.3) is 0 Å². The Morgan fingerprint density at radius 1 is 0.630 bits per heavy atom.